The summed E-state index contributed by atoms with van der Waals surface area (Å²) in [5.74, 6) is 1.01. The highest BCUT2D eigenvalue weighted by Crippen LogP contribution is 2.49. The number of nitrogens with zero attached hydrogens (tertiary/aromatic N) is 4. The van der Waals surface area contributed by atoms with Crippen LogP contribution < -0.4 is 14.5 Å². The lowest BCUT2D eigenvalue weighted by atomic mass is 9.82. The number of hydrogen-bond donors (Lipinski definition) is 0. The average molecular weight is 831 g/mol. The van der Waals surface area contributed by atoms with Crippen LogP contribution in [0.25, 0.3) is 49.9 Å². The number of benzene rings is 7. The highest BCUT2D eigenvalue weighted by molar-refractivity contribution is 6.09. The lowest BCUT2D eigenvalue weighted by Gasteiger charge is -2.26. The molecule has 0 unspecified atom stereocenters. The molecule has 0 radical (unpaired) electrons. The van der Waals surface area contributed by atoms with Crippen LogP contribution in [-0.2, 0) is 10.8 Å². The summed E-state index contributed by atoms with van der Waals surface area (Å²) in [7, 11) is 0. The number of para-hydroxylation sites is 4. The third-order valence-electron chi connectivity index (χ3n) is 12.1. The second kappa shape index (κ2) is 15.3. The highest BCUT2D eigenvalue weighted by atomic mass is 19.1. The monoisotopic (exact) mass is 830 g/mol. The van der Waals surface area contributed by atoms with Gasteiger partial charge in [-0.2, -0.15) is 0 Å². The molecule has 1 aliphatic rings. The summed E-state index contributed by atoms with van der Waals surface area (Å²) in [6.07, 6.45) is 1.90. The van der Waals surface area contributed by atoms with Crippen molar-refractivity contribution >= 4 is 44.6 Å². The first-order valence-corrected chi connectivity index (χ1v) is 21.4. The minimum absolute atomic E-state index is 0.0456. The van der Waals surface area contributed by atoms with Crippen molar-refractivity contribution in [1.29, 1.82) is 0 Å². The lowest BCUT2D eigenvalue weighted by molar-refractivity contribution is 0.483. The van der Waals surface area contributed by atoms with Crippen LogP contribution in [0.2, 0.25) is 0 Å². The number of halogens is 2. The van der Waals surface area contributed by atoms with E-state index in [-0.39, 0.29) is 10.8 Å². The van der Waals surface area contributed by atoms with Crippen molar-refractivity contribution in [1.82, 2.24) is 9.55 Å². The van der Waals surface area contributed by atoms with Crippen LogP contribution >= 0.6 is 0 Å². The minimum atomic E-state index is -0.616. The van der Waals surface area contributed by atoms with Crippen LogP contribution in [0, 0.1) is 11.6 Å². The zero-order valence-corrected chi connectivity index (χ0v) is 36.3. The van der Waals surface area contributed by atoms with Crippen LogP contribution in [0.15, 0.2) is 170 Å². The van der Waals surface area contributed by atoms with E-state index in [1.807, 2.05) is 48.7 Å². The summed E-state index contributed by atoms with van der Waals surface area (Å²) in [6, 6.07) is 53.9. The summed E-state index contributed by atoms with van der Waals surface area (Å²) in [6.45, 7) is 13.8. The molecule has 5 nitrogen and oxygen atoms in total. The van der Waals surface area contributed by atoms with Crippen LogP contribution in [0.3, 0.4) is 0 Å². The van der Waals surface area contributed by atoms with Crippen LogP contribution in [0.4, 0.5) is 31.5 Å². The zero-order chi connectivity index (χ0) is 43.6. The zero-order valence-electron chi connectivity index (χ0n) is 36.3. The third-order valence-corrected chi connectivity index (χ3v) is 12.1. The smallest absolute Gasteiger partial charge is 0.137 e. The van der Waals surface area contributed by atoms with Gasteiger partial charge in [0.15, 0.2) is 0 Å². The Balaban J connectivity index is 1.11. The molecule has 0 saturated heterocycles. The van der Waals surface area contributed by atoms with Crippen molar-refractivity contribution in [2.45, 2.75) is 52.4 Å². The largest absolute Gasteiger partial charge is 0.457 e. The number of aromatic nitrogens is 2. The molecular formula is C56H48F2N4O. The molecule has 3 heterocycles. The molecule has 0 N–H and O–H groups in total. The van der Waals surface area contributed by atoms with Gasteiger partial charge >= 0.3 is 0 Å². The first kappa shape index (κ1) is 39.9. The normalized spacial score (nSPS) is 13.0. The van der Waals surface area contributed by atoms with E-state index < -0.39 is 11.6 Å². The molecule has 0 atom stereocenters. The van der Waals surface area contributed by atoms with E-state index in [1.165, 1.54) is 23.3 Å². The van der Waals surface area contributed by atoms with Gasteiger partial charge in [0.25, 0.3) is 0 Å². The number of anilines is 4. The van der Waals surface area contributed by atoms with Gasteiger partial charge in [-0.3, -0.25) is 4.57 Å². The molecule has 2 aromatic heterocycles. The van der Waals surface area contributed by atoms with Gasteiger partial charge < -0.3 is 14.5 Å². The molecule has 9 aromatic rings. The van der Waals surface area contributed by atoms with Crippen LogP contribution in [0.5, 0.6) is 11.5 Å². The number of hydrogen-bond acceptors (Lipinski definition) is 4. The topological polar surface area (TPSA) is 33.5 Å². The van der Waals surface area contributed by atoms with Crippen molar-refractivity contribution in [3.05, 3.63) is 193 Å². The Hall–Kier alpha value is -7.25. The molecule has 0 bridgehead atoms. The predicted molar refractivity (Wildman–Crippen MR) is 255 cm³/mol. The van der Waals surface area contributed by atoms with E-state index in [9.17, 15) is 8.78 Å². The molecule has 1 aliphatic heterocycles. The van der Waals surface area contributed by atoms with Gasteiger partial charge in [0.05, 0.1) is 28.1 Å². The Morgan fingerprint density at radius 3 is 1.89 bits per heavy atom. The first-order chi connectivity index (χ1) is 30.3. The molecular weight excluding hydrogens is 783 g/mol. The molecule has 0 saturated carbocycles. The lowest BCUT2D eigenvalue weighted by Crippen LogP contribution is -2.24. The molecule has 312 valence electrons. The number of fused-ring (bicyclic) bond motifs is 4. The molecule has 0 aliphatic carbocycles. The quantitative estimate of drug-likeness (QED) is 0.160. The Morgan fingerprint density at radius 1 is 0.508 bits per heavy atom. The Kier molecular flexibility index (Phi) is 9.67. The average Bonchev–Trinajstić information content (AvgIpc) is 3.81. The molecule has 7 heteroatoms. The van der Waals surface area contributed by atoms with Gasteiger partial charge in [-0.15, -0.1) is 0 Å². The molecule has 0 spiro atoms. The number of rotatable bonds is 7. The van der Waals surface area contributed by atoms with E-state index in [2.05, 4.69) is 159 Å². The van der Waals surface area contributed by atoms with Crippen molar-refractivity contribution in [2.24, 2.45) is 0 Å². The Bertz CT molecular complexity index is 3190. The standard InChI is InChI=1S/C56H48F2N4O/c1-55(2,3)38-25-26-59-54(31-38)62-50-20-12-9-17-46(50)47-24-23-42(34-53(47)62)63-43-30-37(44-15-7-10-18-48(44)56(4,5)6)29-41(33-43)60-35-61(52-22-14-13-21-51(52)60)49-19-11-8-16-45(49)36-27-39(57)32-40(58)28-36/h7-34H,35H2,1-6H3. The summed E-state index contributed by atoms with van der Waals surface area (Å²) >= 11 is 0. The fourth-order valence-electron chi connectivity index (χ4n) is 9.05. The first-order valence-electron chi connectivity index (χ1n) is 21.4. The maximum Gasteiger partial charge on any atom is 0.137 e. The van der Waals surface area contributed by atoms with E-state index in [0.717, 1.165) is 73.1 Å². The number of pyridine rings is 1. The number of ether oxygens (including phenoxy) is 1. The fourth-order valence-corrected chi connectivity index (χ4v) is 9.05. The second-order valence-corrected chi connectivity index (χ2v) is 18.5. The fraction of sp³-hybridized carbons (Fsp3) is 0.161. The van der Waals surface area contributed by atoms with E-state index in [0.29, 0.717) is 23.7 Å². The molecule has 63 heavy (non-hydrogen) atoms. The summed E-state index contributed by atoms with van der Waals surface area (Å²) < 4.78 is 38.5. The maximum absolute atomic E-state index is 14.6. The molecule has 10 rings (SSSR count). The summed E-state index contributed by atoms with van der Waals surface area (Å²) in [5.41, 5.74) is 11.5. The van der Waals surface area contributed by atoms with Crippen molar-refractivity contribution in [3.8, 4) is 39.6 Å². The molecule has 0 fully saturated rings. The highest BCUT2D eigenvalue weighted by Gasteiger charge is 2.31. The van der Waals surface area contributed by atoms with Crippen LogP contribution in [-0.4, -0.2) is 16.2 Å². The van der Waals surface area contributed by atoms with Gasteiger partial charge in [-0.05, 0) is 111 Å². The van der Waals surface area contributed by atoms with Gasteiger partial charge in [0, 0.05) is 46.4 Å². The SMILES string of the molecule is CC(C)(C)c1ccnc(-n2c3ccccc3c3ccc(Oc4cc(-c5ccccc5C(C)(C)C)cc(N5CN(c6ccccc6-c6cc(F)cc(F)c6)c6ccccc65)c4)cc32)c1. The van der Waals surface area contributed by atoms with Crippen molar-refractivity contribution in [3.63, 3.8) is 0 Å². The van der Waals surface area contributed by atoms with E-state index in [1.54, 1.807) is 0 Å². The van der Waals surface area contributed by atoms with E-state index >= 15 is 0 Å². The third kappa shape index (κ3) is 7.37. The maximum atomic E-state index is 14.6. The van der Waals surface area contributed by atoms with Gasteiger partial charge in [-0.1, -0.05) is 114 Å². The Labute approximate surface area is 367 Å². The minimum Gasteiger partial charge on any atom is -0.457 e. The van der Waals surface area contributed by atoms with Gasteiger partial charge in [0.1, 0.15) is 35.6 Å². The summed E-state index contributed by atoms with van der Waals surface area (Å²) in [4.78, 5) is 9.38. The summed E-state index contributed by atoms with van der Waals surface area (Å²) in [5, 5.41) is 2.26. The second-order valence-electron chi connectivity index (χ2n) is 18.5. The van der Waals surface area contributed by atoms with Gasteiger partial charge in [0.2, 0.25) is 0 Å². The van der Waals surface area contributed by atoms with Crippen molar-refractivity contribution in [2.75, 3.05) is 16.5 Å². The van der Waals surface area contributed by atoms with Crippen LogP contribution in [0.1, 0.15) is 52.7 Å². The van der Waals surface area contributed by atoms with Crippen molar-refractivity contribution < 1.29 is 13.5 Å². The predicted octanol–water partition coefficient (Wildman–Crippen LogP) is 15.4. The molecule has 7 aromatic carbocycles. The molecule has 0 amide bonds. The van der Waals surface area contributed by atoms with E-state index in [4.69, 9.17) is 9.72 Å². The Morgan fingerprint density at radius 2 is 1.14 bits per heavy atom. The van der Waals surface area contributed by atoms with Gasteiger partial charge in [-0.25, -0.2) is 13.8 Å².